The van der Waals surface area contributed by atoms with Gasteiger partial charge in [-0.1, -0.05) is 11.2 Å². The van der Waals surface area contributed by atoms with Crippen LogP contribution in [-0.4, -0.2) is 39.2 Å². The summed E-state index contributed by atoms with van der Waals surface area (Å²) in [5.41, 5.74) is 2.21. The number of rotatable bonds is 4. The summed E-state index contributed by atoms with van der Waals surface area (Å²) in [5, 5.41) is 8.78. The van der Waals surface area contributed by atoms with Gasteiger partial charge in [-0.3, -0.25) is 0 Å². The molecule has 0 N–H and O–H groups in total. The van der Waals surface area contributed by atoms with E-state index in [1.54, 1.807) is 18.1 Å². The predicted octanol–water partition coefficient (Wildman–Crippen LogP) is 4.95. The zero-order chi connectivity index (χ0) is 24.4. The Morgan fingerprint density at radius 1 is 1.11 bits per heavy atom. The Kier molecular flexibility index (Phi) is 4.74. The topological polar surface area (TPSA) is 64.8 Å². The van der Waals surface area contributed by atoms with Crippen molar-refractivity contribution in [3.63, 3.8) is 0 Å². The first-order valence-corrected chi connectivity index (χ1v) is 11.6. The molecule has 9 heteroatoms. The molecule has 6 rings (SSSR count). The first-order valence-electron chi connectivity index (χ1n) is 11.6. The van der Waals surface area contributed by atoms with Gasteiger partial charge in [0.1, 0.15) is 35.2 Å². The molecule has 3 aliphatic rings. The fourth-order valence-electron chi connectivity index (χ4n) is 5.06. The molecule has 1 atom stereocenters. The molecule has 3 aromatic rings. The van der Waals surface area contributed by atoms with Crippen LogP contribution in [0, 0.1) is 24.0 Å². The van der Waals surface area contributed by atoms with Crippen molar-refractivity contribution in [3.8, 4) is 11.4 Å². The molecule has 1 unspecified atom stereocenters. The van der Waals surface area contributed by atoms with Gasteiger partial charge in [-0.2, -0.15) is 5.10 Å². The summed E-state index contributed by atoms with van der Waals surface area (Å²) in [7, 11) is 1.62. The second-order valence-corrected chi connectivity index (χ2v) is 9.75. The van der Waals surface area contributed by atoms with E-state index in [0.717, 1.165) is 48.7 Å². The SMILES string of the molecule is COc1cc(C=C2CC3(CC3)CN3C2=NOC3(C)c2cc(F)cc(F)c2)ccc1-n1cnc(C)n1. The number of fused-ring (bicyclic) bond motifs is 1. The number of amidine groups is 1. The van der Waals surface area contributed by atoms with Gasteiger partial charge in [0.05, 0.1) is 7.11 Å². The maximum Gasteiger partial charge on any atom is 0.234 e. The summed E-state index contributed by atoms with van der Waals surface area (Å²) >= 11 is 0. The molecule has 2 aromatic carbocycles. The van der Waals surface area contributed by atoms with Crippen LogP contribution in [0.4, 0.5) is 8.78 Å². The van der Waals surface area contributed by atoms with Crippen molar-refractivity contribution < 1.29 is 18.4 Å². The van der Waals surface area contributed by atoms with Crippen LogP contribution in [0.2, 0.25) is 0 Å². The number of hydrogen-bond donors (Lipinski definition) is 0. The molecular weight excluding hydrogens is 452 g/mol. The minimum Gasteiger partial charge on any atom is -0.494 e. The van der Waals surface area contributed by atoms with E-state index in [-0.39, 0.29) is 5.41 Å². The molecule has 0 amide bonds. The van der Waals surface area contributed by atoms with Crippen LogP contribution in [0.25, 0.3) is 11.8 Å². The van der Waals surface area contributed by atoms with Gasteiger partial charge in [0.25, 0.3) is 0 Å². The van der Waals surface area contributed by atoms with Crippen molar-refractivity contribution in [2.24, 2.45) is 10.6 Å². The molecule has 7 nitrogen and oxygen atoms in total. The van der Waals surface area contributed by atoms with Gasteiger partial charge in [-0.25, -0.2) is 18.4 Å². The first-order chi connectivity index (χ1) is 16.8. The summed E-state index contributed by atoms with van der Waals surface area (Å²) in [6.07, 6.45) is 6.80. The summed E-state index contributed by atoms with van der Waals surface area (Å²) in [6.45, 7) is 4.38. The fraction of sp³-hybridized carbons (Fsp3) is 0.346. The van der Waals surface area contributed by atoms with E-state index in [4.69, 9.17) is 9.57 Å². The third-order valence-corrected chi connectivity index (χ3v) is 7.18. The van der Waals surface area contributed by atoms with E-state index in [1.807, 2.05) is 36.9 Å². The highest BCUT2D eigenvalue weighted by Crippen LogP contribution is 2.57. The standard InChI is InChI=1S/C26H25F2N5O2/c1-16-29-15-33(30-16)22-5-4-17(9-23(22)34-3)8-18-13-26(6-7-26)14-32-24(18)31-35-25(32,2)19-10-20(27)12-21(28)11-19/h4-5,8-12,15H,6-7,13-14H2,1-3H3. The van der Waals surface area contributed by atoms with Crippen LogP contribution in [0.3, 0.4) is 0 Å². The van der Waals surface area contributed by atoms with Gasteiger partial charge >= 0.3 is 0 Å². The van der Waals surface area contributed by atoms with Gasteiger partial charge in [0.15, 0.2) is 5.84 Å². The van der Waals surface area contributed by atoms with Gasteiger partial charge in [-0.05, 0) is 73.1 Å². The average molecular weight is 478 g/mol. The highest BCUT2D eigenvalue weighted by Gasteiger charge is 2.56. The number of oxime groups is 1. The predicted molar refractivity (Wildman–Crippen MR) is 126 cm³/mol. The minimum absolute atomic E-state index is 0.119. The molecular formula is C26H25F2N5O2. The molecule has 1 aromatic heterocycles. The third-order valence-electron chi connectivity index (χ3n) is 7.18. The number of benzene rings is 2. The number of ether oxygens (including phenoxy) is 1. The zero-order valence-corrected chi connectivity index (χ0v) is 19.8. The largest absolute Gasteiger partial charge is 0.494 e. The Bertz CT molecular complexity index is 1370. The Hall–Kier alpha value is -3.75. The van der Waals surface area contributed by atoms with Gasteiger partial charge in [0, 0.05) is 25.1 Å². The number of nitrogens with zero attached hydrogens (tertiary/aromatic N) is 5. The summed E-state index contributed by atoms with van der Waals surface area (Å²) in [6, 6.07) is 9.39. The van der Waals surface area contributed by atoms with Crippen LogP contribution >= 0.6 is 0 Å². The molecule has 1 aliphatic carbocycles. The molecule has 2 fully saturated rings. The highest BCUT2D eigenvalue weighted by molar-refractivity contribution is 6.04. The Balaban J connectivity index is 1.37. The number of methoxy groups -OCH3 is 1. The molecule has 0 radical (unpaired) electrons. The van der Waals surface area contributed by atoms with Gasteiger partial charge < -0.3 is 14.5 Å². The van der Waals surface area contributed by atoms with Crippen LogP contribution in [0.15, 0.2) is 53.5 Å². The maximum atomic E-state index is 14.0. The molecule has 0 bridgehead atoms. The van der Waals surface area contributed by atoms with Crippen molar-refractivity contribution in [3.05, 3.63) is 76.9 Å². The lowest BCUT2D eigenvalue weighted by Crippen LogP contribution is -2.50. The number of aryl methyl sites for hydroxylation is 1. The van der Waals surface area contributed by atoms with Crippen LogP contribution < -0.4 is 4.74 Å². The van der Waals surface area contributed by atoms with E-state index in [2.05, 4.69) is 21.3 Å². The number of aromatic nitrogens is 3. The maximum absolute atomic E-state index is 14.0. The molecule has 180 valence electrons. The van der Waals surface area contributed by atoms with Crippen LogP contribution in [0.5, 0.6) is 5.75 Å². The number of piperidine rings is 1. The molecule has 2 aliphatic heterocycles. The van der Waals surface area contributed by atoms with Crippen molar-refractivity contribution in [1.29, 1.82) is 0 Å². The molecule has 1 spiro atoms. The first kappa shape index (κ1) is 21.8. The van der Waals surface area contributed by atoms with E-state index in [0.29, 0.717) is 23.0 Å². The summed E-state index contributed by atoms with van der Waals surface area (Å²) in [5.74, 6) is 0.770. The van der Waals surface area contributed by atoms with E-state index < -0.39 is 17.4 Å². The molecule has 35 heavy (non-hydrogen) atoms. The lowest BCUT2D eigenvalue weighted by atomic mass is 9.86. The van der Waals surface area contributed by atoms with Crippen molar-refractivity contribution in [1.82, 2.24) is 19.7 Å². The van der Waals surface area contributed by atoms with E-state index in [1.165, 1.54) is 12.1 Å². The van der Waals surface area contributed by atoms with E-state index >= 15 is 0 Å². The van der Waals surface area contributed by atoms with Crippen LogP contribution in [-0.2, 0) is 10.6 Å². The molecule has 1 saturated heterocycles. The van der Waals surface area contributed by atoms with Crippen molar-refractivity contribution >= 4 is 11.9 Å². The average Bonchev–Trinajstić information content (AvgIpc) is 3.26. The van der Waals surface area contributed by atoms with E-state index in [9.17, 15) is 8.78 Å². The third kappa shape index (κ3) is 3.66. The normalized spacial score (nSPS) is 23.3. The quantitative estimate of drug-likeness (QED) is 0.532. The lowest BCUT2D eigenvalue weighted by molar-refractivity contribution is -0.0971. The summed E-state index contributed by atoms with van der Waals surface area (Å²) < 4.78 is 35.4. The second kappa shape index (κ2) is 7.63. The molecule has 1 saturated carbocycles. The van der Waals surface area contributed by atoms with Gasteiger partial charge in [0.2, 0.25) is 5.72 Å². The Morgan fingerprint density at radius 2 is 1.89 bits per heavy atom. The smallest absolute Gasteiger partial charge is 0.234 e. The zero-order valence-electron chi connectivity index (χ0n) is 19.8. The van der Waals surface area contributed by atoms with Crippen molar-refractivity contribution in [2.45, 2.75) is 38.8 Å². The fourth-order valence-corrected chi connectivity index (χ4v) is 5.06. The van der Waals surface area contributed by atoms with Crippen LogP contribution in [0.1, 0.15) is 43.1 Å². The Morgan fingerprint density at radius 3 is 2.54 bits per heavy atom. The monoisotopic (exact) mass is 477 g/mol. The Labute approximate surface area is 201 Å². The lowest BCUT2D eigenvalue weighted by Gasteiger charge is -2.41. The minimum atomic E-state index is -1.08. The van der Waals surface area contributed by atoms with Gasteiger partial charge in [-0.15, -0.1) is 0 Å². The molecule has 3 heterocycles. The van der Waals surface area contributed by atoms with Crippen molar-refractivity contribution in [2.75, 3.05) is 13.7 Å². The highest BCUT2D eigenvalue weighted by atomic mass is 19.1. The number of halogens is 2. The summed E-state index contributed by atoms with van der Waals surface area (Å²) in [4.78, 5) is 12.1. The number of hydrogen-bond acceptors (Lipinski definition) is 6. The second-order valence-electron chi connectivity index (χ2n) is 9.75.